The first-order chi connectivity index (χ1) is 9.42. The Balaban J connectivity index is 1.59. The van der Waals surface area contributed by atoms with Crippen LogP contribution in [0.1, 0.15) is 44.4 Å². The molecule has 0 saturated heterocycles. The van der Waals surface area contributed by atoms with Crippen molar-refractivity contribution < 1.29 is 4.52 Å². The average Bonchev–Trinajstić information content (AvgIpc) is 2.96. The van der Waals surface area contributed by atoms with Crippen molar-refractivity contribution in [1.29, 1.82) is 0 Å². The van der Waals surface area contributed by atoms with Gasteiger partial charge in [-0.3, -0.25) is 0 Å². The minimum Gasteiger partial charge on any atom is -0.339 e. The Morgan fingerprint density at radius 2 is 1.84 bits per heavy atom. The van der Waals surface area contributed by atoms with Gasteiger partial charge < -0.3 is 4.52 Å². The van der Waals surface area contributed by atoms with Crippen molar-refractivity contribution in [2.24, 2.45) is 5.92 Å². The molecular weight excluding hydrogens is 236 g/mol. The largest absolute Gasteiger partial charge is 0.339 e. The molecule has 0 aliphatic heterocycles. The van der Waals surface area contributed by atoms with Crippen LogP contribution >= 0.6 is 0 Å². The van der Waals surface area contributed by atoms with E-state index in [1.807, 2.05) is 30.3 Å². The van der Waals surface area contributed by atoms with Gasteiger partial charge in [0.05, 0.1) is 0 Å². The van der Waals surface area contributed by atoms with Crippen LogP contribution in [0.15, 0.2) is 34.9 Å². The number of rotatable bonds is 4. The fraction of sp³-hybridized carbons (Fsp3) is 0.500. The van der Waals surface area contributed by atoms with E-state index in [9.17, 15) is 0 Å². The first-order valence-corrected chi connectivity index (χ1v) is 7.30. The van der Waals surface area contributed by atoms with Crippen molar-refractivity contribution in [1.82, 2.24) is 10.1 Å². The maximum atomic E-state index is 5.35. The molecule has 2 aromatic rings. The van der Waals surface area contributed by atoms with Gasteiger partial charge in [-0.2, -0.15) is 4.98 Å². The van der Waals surface area contributed by atoms with E-state index in [2.05, 4.69) is 10.1 Å². The van der Waals surface area contributed by atoms with Crippen LogP contribution in [0.3, 0.4) is 0 Å². The molecule has 19 heavy (non-hydrogen) atoms. The number of benzene rings is 1. The molecule has 0 spiro atoms. The van der Waals surface area contributed by atoms with Gasteiger partial charge in [0.2, 0.25) is 11.7 Å². The van der Waals surface area contributed by atoms with Gasteiger partial charge in [0.1, 0.15) is 0 Å². The van der Waals surface area contributed by atoms with Crippen molar-refractivity contribution in [2.45, 2.75) is 44.9 Å². The van der Waals surface area contributed by atoms with Gasteiger partial charge in [0, 0.05) is 12.0 Å². The summed E-state index contributed by atoms with van der Waals surface area (Å²) in [7, 11) is 0. The van der Waals surface area contributed by atoms with E-state index in [1.165, 1.54) is 38.5 Å². The lowest BCUT2D eigenvalue weighted by molar-refractivity contribution is 0.315. The number of hydrogen-bond acceptors (Lipinski definition) is 3. The van der Waals surface area contributed by atoms with Gasteiger partial charge in [-0.15, -0.1) is 0 Å². The molecule has 1 saturated carbocycles. The number of nitrogens with zero attached hydrogens (tertiary/aromatic N) is 2. The van der Waals surface area contributed by atoms with Crippen molar-refractivity contribution in [3.05, 3.63) is 36.2 Å². The highest BCUT2D eigenvalue weighted by molar-refractivity contribution is 5.53. The minimum atomic E-state index is 0.708. The fourth-order valence-electron chi connectivity index (χ4n) is 2.86. The third-order valence-corrected chi connectivity index (χ3v) is 3.99. The Labute approximate surface area is 114 Å². The summed E-state index contributed by atoms with van der Waals surface area (Å²) in [6.45, 7) is 0. The van der Waals surface area contributed by atoms with Gasteiger partial charge in [-0.1, -0.05) is 67.6 Å². The van der Waals surface area contributed by atoms with E-state index in [4.69, 9.17) is 4.52 Å². The monoisotopic (exact) mass is 256 g/mol. The van der Waals surface area contributed by atoms with E-state index in [0.29, 0.717) is 5.82 Å². The summed E-state index contributed by atoms with van der Waals surface area (Å²) in [4.78, 5) is 4.49. The molecule has 3 nitrogen and oxygen atoms in total. The Kier molecular flexibility index (Phi) is 3.92. The van der Waals surface area contributed by atoms with Crippen molar-refractivity contribution in [2.75, 3.05) is 0 Å². The summed E-state index contributed by atoms with van der Waals surface area (Å²) in [6, 6.07) is 10.00. The average molecular weight is 256 g/mol. The first kappa shape index (κ1) is 12.4. The number of aryl methyl sites for hydroxylation is 1. The zero-order valence-corrected chi connectivity index (χ0v) is 11.2. The predicted molar refractivity (Wildman–Crippen MR) is 74.6 cm³/mol. The third kappa shape index (κ3) is 3.22. The predicted octanol–water partition coefficient (Wildman–Crippen LogP) is 4.25. The summed E-state index contributed by atoms with van der Waals surface area (Å²) in [5.74, 6) is 2.35. The lowest BCUT2D eigenvalue weighted by atomic mass is 9.86. The third-order valence-electron chi connectivity index (χ3n) is 3.99. The molecule has 0 amide bonds. The Morgan fingerprint density at radius 3 is 2.63 bits per heavy atom. The summed E-state index contributed by atoms with van der Waals surface area (Å²) < 4.78 is 5.35. The molecule has 0 unspecified atom stereocenters. The molecule has 1 fully saturated rings. The van der Waals surface area contributed by atoms with Gasteiger partial charge >= 0.3 is 0 Å². The highest BCUT2D eigenvalue weighted by Crippen LogP contribution is 2.27. The second-order valence-electron chi connectivity index (χ2n) is 5.42. The molecule has 1 aliphatic carbocycles. The van der Waals surface area contributed by atoms with E-state index in [0.717, 1.165) is 23.8 Å². The van der Waals surface area contributed by atoms with E-state index >= 15 is 0 Å². The molecule has 0 N–H and O–H groups in total. The van der Waals surface area contributed by atoms with Crippen LogP contribution < -0.4 is 0 Å². The first-order valence-electron chi connectivity index (χ1n) is 7.30. The second kappa shape index (κ2) is 6.00. The Morgan fingerprint density at radius 1 is 1.05 bits per heavy atom. The van der Waals surface area contributed by atoms with Crippen molar-refractivity contribution in [3.63, 3.8) is 0 Å². The van der Waals surface area contributed by atoms with Crippen LogP contribution in [0.4, 0.5) is 0 Å². The molecule has 0 radical (unpaired) electrons. The van der Waals surface area contributed by atoms with Gasteiger partial charge in [0.25, 0.3) is 0 Å². The molecular formula is C16H20N2O. The van der Waals surface area contributed by atoms with E-state index < -0.39 is 0 Å². The zero-order valence-electron chi connectivity index (χ0n) is 11.2. The molecule has 0 bridgehead atoms. The maximum absolute atomic E-state index is 5.35. The lowest BCUT2D eigenvalue weighted by Gasteiger charge is -2.20. The highest BCUT2D eigenvalue weighted by Gasteiger charge is 2.15. The van der Waals surface area contributed by atoms with Gasteiger partial charge in [-0.05, 0) is 12.3 Å². The summed E-state index contributed by atoms with van der Waals surface area (Å²) in [5, 5.41) is 4.06. The molecule has 1 heterocycles. The van der Waals surface area contributed by atoms with Gasteiger partial charge in [-0.25, -0.2) is 0 Å². The molecule has 3 rings (SSSR count). The van der Waals surface area contributed by atoms with Crippen LogP contribution in [0, 0.1) is 5.92 Å². The minimum absolute atomic E-state index is 0.708. The number of hydrogen-bond donors (Lipinski definition) is 0. The molecule has 100 valence electrons. The van der Waals surface area contributed by atoms with Crippen molar-refractivity contribution >= 4 is 0 Å². The zero-order chi connectivity index (χ0) is 12.9. The maximum Gasteiger partial charge on any atom is 0.226 e. The Bertz CT molecular complexity index is 500. The number of aromatic nitrogens is 2. The highest BCUT2D eigenvalue weighted by atomic mass is 16.5. The van der Waals surface area contributed by atoms with Crippen LogP contribution in [0.25, 0.3) is 11.4 Å². The van der Waals surface area contributed by atoms with Crippen LogP contribution in [-0.2, 0) is 6.42 Å². The Hall–Kier alpha value is -1.64. The SMILES string of the molecule is c1ccc(-c2noc(CCC3CCCCC3)n2)cc1. The quantitative estimate of drug-likeness (QED) is 0.820. The van der Waals surface area contributed by atoms with E-state index in [-0.39, 0.29) is 0 Å². The lowest BCUT2D eigenvalue weighted by Crippen LogP contribution is -2.07. The normalized spacial score (nSPS) is 16.6. The van der Waals surface area contributed by atoms with Crippen molar-refractivity contribution in [3.8, 4) is 11.4 Å². The fourth-order valence-corrected chi connectivity index (χ4v) is 2.86. The molecule has 1 aromatic heterocycles. The topological polar surface area (TPSA) is 38.9 Å². The summed E-state index contributed by atoms with van der Waals surface area (Å²) in [5.41, 5.74) is 1.02. The summed E-state index contributed by atoms with van der Waals surface area (Å²) >= 11 is 0. The van der Waals surface area contributed by atoms with E-state index in [1.54, 1.807) is 0 Å². The standard InChI is InChI=1S/C16H20N2O/c1-3-7-13(8-4-1)11-12-15-17-16(18-19-15)14-9-5-2-6-10-14/h2,5-6,9-10,13H,1,3-4,7-8,11-12H2. The smallest absolute Gasteiger partial charge is 0.226 e. The van der Waals surface area contributed by atoms with Crippen LogP contribution in [0.5, 0.6) is 0 Å². The molecule has 0 atom stereocenters. The second-order valence-corrected chi connectivity index (χ2v) is 5.42. The molecule has 1 aromatic carbocycles. The van der Waals surface area contributed by atoms with Gasteiger partial charge in [0.15, 0.2) is 0 Å². The summed E-state index contributed by atoms with van der Waals surface area (Å²) in [6.07, 6.45) is 9.06. The molecule has 3 heteroatoms. The molecule has 1 aliphatic rings. The van der Waals surface area contributed by atoms with Crippen LogP contribution in [0.2, 0.25) is 0 Å². The van der Waals surface area contributed by atoms with Crippen LogP contribution in [-0.4, -0.2) is 10.1 Å².